The van der Waals surface area contributed by atoms with E-state index in [1.165, 1.54) is 0 Å². The second-order valence-corrected chi connectivity index (χ2v) is 7.97. The smallest absolute Gasteiger partial charge is 0.408 e. The predicted molar refractivity (Wildman–Crippen MR) is 98.7 cm³/mol. The first-order valence-electron chi connectivity index (χ1n) is 7.96. The molecule has 0 fully saturated rings. The molecule has 0 aliphatic heterocycles. The fourth-order valence-corrected chi connectivity index (χ4v) is 2.52. The molecule has 130 valence electrons. The van der Waals surface area contributed by atoms with Gasteiger partial charge in [0.2, 0.25) is 0 Å². The number of rotatable bonds is 4. The molecule has 0 aliphatic carbocycles. The van der Waals surface area contributed by atoms with Crippen molar-refractivity contribution >= 4 is 22.0 Å². The van der Waals surface area contributed by atoms with Crippen LogP contribution in [0.25, 0.3) is 11.3 Å². The zero-order valence-corrected chi connectivity index (χ0v) is 16.3. The van der Waals surface area contributed by atoms with Crippen molar-refractivity contribution in [3.8, 4) is 11.3 Å². The van der Waals surface area contributed by atoms with Crippen molar-refractivity contribution in [2.75, 3.05) is 0 Å². The Labute approximate surface area is 151 Å². The maximum atomic E-state index is 12.1. The maximum absolute atomic E-state index is 12.1. The molecule has 0 saturated heterocycles. The maximum Gasteiger partial charge on any atom is 0.408 e. The third-order valence-electron chi connectivity index (χ3n) is 3.38. The Hall–Kier alpha value is -1.82. The number of H-pyrrole nitrogens is 1. The van der Waals surface area contributed by atoms with Crippen molar-refractivity contribution in [1.29, 1.82) is 0 Å². The number of nitrogens with one attached hydrogen (secondary N) is 2. The summed E-state index contributed by atoms with van der Waals surface area (Å²) in [5.74, 6) is 0.884. The average Bonchev–Trinajstić information content (AvgIpc) is 2.92. The van der Waals surface area contributed by atoms with Gasteiger partial charge in [-0.1, -0.05) is 41.9 Å². The molecule has 24 heavy (non-hydrogen) atoms. The standard InChI is InChI=1S/C18H24BrN3O2/c1-11(2)15(22-17(23)24-18(3,4)5)16-20-10-14(21-16)12-6-8-13(19)9-7-12/h6-11,15H,1-5H3,(H,20,21)(H,22,23)/t15-/m0/s1. The Morgan fingerprint density at radius 3 is 2.42 bits per heavy atom. The number of hydrogen-bond donors (Lipinski definition) is 2. The third kappa shape index (κ3) is 5.09. The van der Waals surface area contributed by atoms with E-state index >= 15 is 0 Å². The summed E-state index contributed by atoms with van der Waals surface area (Å²) in [6, 6.07) is 7.73. The monoisotopic (exact) mass is 393 g/mol. The number of aromatic amines is 1. The molecule has 2 N–H and O–H groups in total. The molecule has 2 rings (SSSR count). The van der Waals surface area contributed by atoms with E-state index < -0.39 is 11.7 Å². The minimum Gasteiger partial charge on any atom is -0.444 e. The first-order chi connectivity index (χ1) is 11.2. The zero-order chi connectivity index (χ0) is 17.9. The summed E-state index contributed by atoms with van der Waals surface area (Å²) in [5, 5.41) is 2.90. The highest BCUT2D eigenvalue weighted by Gasteiger charge is 2.24. The fourth-order valence-electron chi connectivity index (χ4n) is 2.26. The lowest BCUT2D eigenvalue weighted by Gasteiger charge is -2.24. The van der Waals surface area contributed by atoms with Gasteiger partial charge in [-0.25, -0.2) is 9.78 Å². The second kappa shape index (κ2) is 7.38. The lowest BCUT2D eigenvalue weighted by atomic mass is 10.0. The zero-order valence-electron chi connectivity index (χ0n) is 14.7. The van der Waals surface area contributed by atoms with Crippen molar-refractivity contribution in [3.05, 3.63) is 40.8 Å². The Kier molecular flexibility index (Phi) is 5.70. The molecule has 5 nitrogen and oxygen atoms in total. The highest BCUT2D eigenvalue weighted by molar-refractivity contribution is 9.10. The molecule has 0 unspecified atom stereocenters. The quantitative estimate of drug-likeness (QED) is 0.762. The number of hydrogen-bond acceptors (Lipinski definition) is 3. The Morgan fingerprint density at radius 2 is 1.88 bits per heavy atom. The van der Waals surface area contributed by atoms with Gasteiger partial charge in [-0.05, 0) is 44.4 Å². The van der Waals surface area contributed by atoms with Crippen LogP contribution in [0.4, 0.5) is 4.79 Å². The number of benzene rings is 1. The van der Waals surface area contributed by atoms with Crippen LogP contribution in [0.1, 0.15) is 46.5 Å². The van der Waals surface area contributed by atoms with E-state index in [9.17, 15) is 4.79 Å². The van der Waals surface area contributed by atoms with Crippen LogP contribution in [0.3, 0.4) is 0 Å². The van der Waals surface area contributed by atoms with Crippen LogP contribution in [-0.4, -0.2) is 21.7 Å². The van der Waals surface area contributed by atoms with E-state index in [-0.39, 0.29) is 12.0 Å². The number of carbonyl (C=O) groups excluding carboxylic acids is 1. The van der Waals surface area contributed by atoms with Crippen molar-refractivity contribution in [1.82, 2.24) is 15.3 Å². The van der Waals surface area contributed by atoms with Crippen molar-refractivity contribution < 1.29 is 9.53 Å². The largest absolute Gasteiger partial charge is 0.444 e. The highest BCUT2D eigenvalue weighted by Crippen LogP contribution is 2.25. The van der Waals surface area contributed by atoms with Crippen LogP contribution in [0, 0.1) is 5.92 Å². The minimum atomic E-state index is -0.530. The number of amides is 1. The van der Waals surface area contributed by atoms with Crippen molar-refractivity contribution in [2.24, 2.45) is 5.92 Å². The number of imidazole rings is 1. The second-order valence-electron chi connectivity index (χ2n) is 7.06. The average molecular weight is 394 g/mol. The summed E-state index contributed by atoms with van der Waals surface area (Å²) in [6.07, 6.45) is 1.34. The molecular formula is C18H24BrN3O2. The Morgan fingerprint density at radius 1 is 1.25 bits per heavy atom. The Balaban J connectivity index is 2.17. The van der Waals surface area contributed by atoms with E-state index in [0.717, 1.165) is 15.7 Å². The molecule has 0 aliphatic rings. The third-order valence-corrected chi connectivity index (χ3v) is 3.91. The molecule has 6 heteroatoms. The van der Waals surface area contributed by atoms with E-state index in [1.54, 1.807) is 6.20 Å². The first kappa shape index (κ1) is 18.5. The van der Waals surface area contributed by atoms with Crippen molar-refractivity contribution in [2.45, 2.75) is 46.3 Å². The summed E-state index contributed by atoms with van der Waals surface area (Å²) in [4.78, 5) is 19.8. The summed E-state index contributed by atoms with van der Waals surface area (Å²) >= 11 is 3.43. The van der Waals surface area contributed by atoms with E-state index in [4.69, 9.17) is 4.74 Å². The highest BCUT2D eigenvalue weighted by atomic mass is 79.9. The van der Waals surface area contributed by atoms with Gasteiger partial charge in [-0.15, -0.1) is 0 Å². The molecule has 1 amide bonds. The minimum absolute atomic E-state index is 0.168. The Bertz CT molecular complexity index is 687. The molecular weight excluding hydrogens is 370 g/mol. The molecule has 1 aromatic heterocycles. The van der Waals surface area contributed by atoms with Gasteiger partial charge in [0.25, 0.3) is 0 Å². The van der Waals surface area contributed by atoms with Crippen LogP contribution >= 0.6 is 15.9 Å². The topological polar surface area (TPSA) is 67.0 Å². The number of alkyl carbamates (subject to hydrolysis) is 1. The van der Waals surface area contributed by atoms with Crippen LogP contribution in [0.5, 0.6) is 0 Å². The molecule has 1 atom stereocenters. The lowest BCUT2D eigenvalue weighted by Crippen LogP contribution is -2.37. The van der Waals surface area contributed by atoms with Gasteiger partial charge in [0.05, 0.1) is 17.9 Å². The van der Waals surface area contributed by atoms with E-state index in [2.05, 4.69) is 31.2 Å². The van der Waals surface area contributed by atoms with Gasteiger partial charge in [-0.3, -0.25) is 0 Å². The molecule has 1 heterocycles. The summed E-state index contributed by atoms with van der Waals surface area (Å²) < 4.78 is 6.37. The molecule has 0 spiro atoms. The first-order valence-corrected chi connectivity index (χ1v) is 8.75. The van der Waals surface area contributed by atoms with Gasteiger partial charge in [0.1, 0.15) is 11.4 Å². The van der Waals surface area contributed by atoms with Gasteiger partial charge in [0, 0.05) is 4.47 Å². The van der Waals surface area contributed by atoms with Crippen LogP contribution in [-0.2, 0) is 4.74 Å². The molecule has 2 aromatic rings. The molecule has 0 bridgehead atoms. The summed E-state index contributed by atoms with van der Waals surface area (Å²) in [7, 11) is 0. The normalized spacial score (nSPS) is 13.0. The van der Waals surface area contributed by atoms with Gasteiger partial charge < -0.3 is 15.0 Å². The number of nitrogens with zero attached hydrogens (tertiary/aromatic N) is 1. The van der Waals surface area contributed by atoms with Gasteiger partial charge in [-0.2, -0.15) is 0 Å². The lowest BCUT2D eigenvalue weighted by molar-refractivity contribution is 0.0486. The number of ether oxygens (including phenoxy) is 1. The number of aromatic nitrogens is 2. The van der Waals surface area contributed by atoms with Crippen molar-refractivity contribution in [3.63, 3.8) is 0 Å². The van der Waals surface area contributed by atoms with Gasteiger partial charge in [0.15, 0.2) is 0 Å². The summed E-state index contributed by atoms with van der Waals surface area (Å²) in [6.45, 7) is 9.59. The predicted octanol–water partition coefficient (Wildman–Crippen LogP) is 5.06. The van der Waals surface area contributed by atoms with Crippen LogP contribution in [0.15, 0.2) is 34.9 Å². The number of carbonyl (C=O) groups is 1. The van der Waals surface area contributed by atoms with E-state index in [0.29, 0.717) is 5.82 Å². The summed E-state index contributed by atoms with van der Waals surface area (Å²) in [5.41, 5.74) is 1.42. The van der Waals surface area contributed by atoms with E-state index in [1.807, 2.05) is 58.9 Å². The molecule has 0 saturated carbocycles. The molecule has 0 radical (unpaired) electrons. The molecule has 1 aromatic carbocycles. The van der Waals surface area contributed by atoms with Crippen LogP contribution in [0.2, 0.25) is 0 Å². The number of halogens is 1. The van der Waals surface area contributed by atoms with Crippen LogP contribution < -0.4 is 5.32 Å². The SMILES string of the molecule is CC(C)[C@H](NC(=O)OC(C)(C)C)c1ncc(-c2ccc(Br)cc2)[nH]1. The van der Waals surface area contributed by atoms with Gasteiger partial charge >= 0.3 is 6.09 Å². The fraction of sp³-hybridized carbons (Fsp3) is 0.444.